The summed E-state index contributed by atoms with van der Waals surface area (Å²) in [7, 11) is 0. The molecule has 2 heteroatoms. The van der Waals surface area contributed by atoms with Crippen LogP contribution in [0.1, 0.15) is 16.7 Å². The second-order valence-corrected chi connectivity index (χ2v) is 3.83. The van der Waals surface area contributed by atoms with Crippen LogP contribution in [0.5, 0.6) is 0 Å². The number of benzene rings is 2. The summed E-state index contributed by atoms with van der Waals surface area (Å²) in [6.45, 7) is 1.94. The minimum absolute atomic E-state index is 0.251. The van der Waals surface area contributed by atoms with Crippen molar-refractivity contribution in [3.8, 4) is 11.8 Å². The van der Waals surface area contributed by atoms with Crippen LogP contribution < -0.4 is 5.73 Å². The number of nitrogens with two attached hydrogens (primary N) is 1. The summed E-state index contributed by atoms with van der Waals surface area (Å²) in [6, 6.07) is 11.8. The fourth-order valence-corrected chi connectivity index (χ4v) is 1.43. The number of rotatable bonds is 0. The van der Waals surface area contributed by atoms with Crippen molar-refractivity contribution in [1.29, 1.82) is 0 Å². The lowest BCUT2D eigenvalue weighted by molar-refractivity contribution is 0.627. The van der Waals surface area contributed by atoms with Crippen molar-refractivity contribution in [2.24, 2.45) is 0 Å². The minimum atomic E-state index is -0.251. The van der Waals surface area contributed by atoms with E-state index in [-0.39, 0.29) is 5.82 Å². The summed E-state index contributed by atoms with van der Waals surface area (Å²) in [5.74, 6) is 5.75. The Morgan fingerprint density at radius 3 is 2.18 bits per heavy atom. The molecule has 0 heterocycles. The monoisotopic (exact) mass is 225 g/mol. The summed E-state index contributed by atoms with van der Waals surface area (Å²) in [6.07, 6.45) is 0. The third-order valence-corrected chi connectivity index (χ3v) is 2.47. The number of hydrogen-bond acceptors (Lipinski definition) is 1. The van der Waals surface area contributed by atoms with Gasteiger partial charge in [0.05, 0.1) is 0 Å². The SMILES string of the molecule is Cc1cc(C#Cc2ccc(F)cc2)ccc1N. The fourth-order valence-electron chi connectivity index (χ4n) is 1.43. The first kappa shape index (κ1) is 11.2. The van der Waals surface area contributed by atoms with Crippen molar-refractivity contribution in [2.75, 3.05) is 5.73 Å². The molecule has 0 aliphatic heterocycles. The van der Waals surface area contributed by atoms with E-state index in [1.54, 1.807) is 12.1 Å². The van der Waals surface area contributed by atoms with Crippen LogP contribution in [-0.4, -0.2) is 0 Å². The van der Waals surface area contributed by atoms with Gasteiger partial charge in [0.2, 0.25) is 0 Å². The van der Waals surface area contributed by atoms with Crippen molar-refractivity contribution < 1.29 is 4.39 Å². The standard InChI is InChI=1S/C15H12FN/c1-11-10-13(6-9-15(11)17)3-2-12-4-7-14(16)8-5-12/h4-10H,17H2,1H3. The first-order valence-corrected chi connectivity index (χ1v) is 5.29. The largest absolute Gasteiger partial charge is 0.399 e. The molecule has 2 aromatic carbocycles. The molecule has 84 valence electrons. The summed E-state index contributed by atoms with van der Waals surface area (Å²) < 4.78 is 12.7. The van der Waals surface area contributed by atoms with Crippen LogP contribution >= 0.6 is 0 Å². The third kappa shape index (κ3) is 2.85. The van der Waals surface area contributed by atoms with Gasteiger partial charge in [-0.1, -0.05) is 11.8 Å². The van der Waals surface area contributed by atoms with E-state index in [1.807, 2.05) is 25.1 Å². The minimum Gasteiger partial charge on any atom is -0.399 e. The molecule has 0 radical (unpaired) electrons. The average molecular weight is 225 g/mol. The van der Waals surface area contributed by atoms with Crippen molar-refractivity contribution in [2.45, 2.75) is 6.92 Å². The molecule has 0 saturated carbocycles. The van der Waals surface area contributed by atoms with Gasteiger partial charge in [-0.05, 0) is 55.0 Å². The Morgan fingerprint density at radius 2 is 1.53 bits per heavy atom. The number of anilines is 1. The lowest BCUT2D eigenvalue weighted by Crippen LogP contribution is -1.89. The van der Waals surface area contributed by atoms with Crippen molar-refractivity contribution in [3.05, 3.63) is 65.0 Å². The van der Waals surface area contributed by atoms with Crippen molar-refractivity contribution in [3.63, 3.8) is 0 Å². The highest BCUT2D eigenvalue weighted by Crippen LogP contribution is 2.11. The number of aryl methyl sites for hydroxylation is 1. The van der Waals surface area contributed by atoms with Gasteiger partial charge >= 0.3 is 0 Å². The molecule has 0 unspecified atom stereocenters. The predicted octanol–water partition coefficient (Wildman–Crippen LogP) is 3.12. The molecule has 0 fully saturated rings. The smallest absolute Gasteiger partial charge is 0.123 e. The lowest BCUT2D eigenvalue weighted by atomic mass is 10.1. The van der Waals surface area contributed by atoms with E-state index in [0.717, 1.165) is 22.4 Å². The van der Waals surface area contributed by atoms with E-state index < -0.39 is 0 Å². The Hall–Kier alpha value is -2.27. The van der Waals surface area contributed by atoms with E-state index >= 15 is 0 Å². The molecule has 0 atom stereocenters. The molecular formula is C15H12FN. The topological polar surface area (TPSA) is 26.0 Å². The molecule has 2 N–H and O–H groups in total. The highest BCUT2D eigenvalue weighted by molar-refractivity contribution is 5.52. The third-order valence-electron chi connectivity index (χ3n) is 2.47. The molecule has 1 nitrogen and oxygen atoms in total. The Kier molecular flexibility index (Phi) is 3.11. The summed E-state index contributed by atoms with van der Waals surface area (Å²) in [4.78, 5) is 0. The molecular weight excluding hydrogens is 213 g/mol. The normalized spacial score (nSPS) is 9.53. The fraction of sp³-hybridized carbons (Fsp3) is 0.0667. The van der Waals surface area contributed by atoms with Gasteiger partial charge in [-0.2, -0.15) is 0 Å². The van der Waals surface area contributed by atoms with Gasteiger partial charge in [0.25, 0.3) is 0 Å². The second kappa shape index (κ2) is 4.71. The summed E-state index contributed by atoms with van der Waals surface area (Å²) in [5.41, 5.74) is 9.19. The first-order valence-electron chi connectivity index (χ1n) is 5.29. The zero-order valence-corrected chi connectivity index (χ0v) is 9.50. The van der Waals surface area contributed by atoms with Gasteiger partial charge in [-0.15, -0.1) is 0 Å². The zero-order valence-electron chi connectivity index (χ0n) is 9.50. The van der Waals surface area contributed by atoms with Crippen LogP contribution in [0.4, 0.5) is 10.1 Å². The molecule has 0 saturated heterocycles. The Morgan fingerprint density at radius 1 is 0.941 bits per heavy atom. The summed E-state index contributed by atoms with van der Waals surface area (Å²) in [5, 5.41) is 0. The van der Waals surface area contributed by atoms with Gasteiger partial charge in [0.1, 0.15) is 5.82 Å². The Balaban J connectivity index is 2.26. The highest BCUT2D eigenvalue weighted by atomic mass is 19.1. The second-order valence-electron chi connectivity index (χ2n) is 3.83. The summed E-state index contributed by atoms with van der Waals surface area (Å²) >= 11 is 0. The Bertz CT molecular complexity index is 589. The van der Waals surface area contributed by atoms with Crippen LogP contribution in [0.2, 0.25) is 0 Å². The average Bonchev–Trinajstić information content (AvgIpc) is 2.33. The van der Waals surface area contributed by atoms with Crippen LogP contribution in [0.15, 0.2) is 42.5 Å². The maximum absolute atomic E-state index is 12.7. The molecule has 17 heavy (non-hydrogen) atoms. The quantitative estimate of drug-likeness (QED) is 0.541. The van der Waals surface area contributed by atoms with Gasteiger partial charge in [-0.25, -0.2) is 4.39 Å². The lowest BCUT2D eigenvalue weighted by Gasteiger charge is -1.98. The van der Waals surface area contributed by atoms with E-state index in [2.05, 4.69) is 11.8 Å². The number of halogens is 1. The van der Waals surface area contributed by atoms with E-state index in [0.29, 0.717) is 0 Å². The molecule has 0 amide bonds. The van der Waals surface area contributed by atoms with Crippen LogP contribution in [0.25, 0.3) is 0 Å². The van der Waals surface area contributed by atoms with Gasteiger partial charge in [-0.3, -0.25) is 0 Å². The first-order chi connectivity index (χ1) is 8.15. The predicted molar refractivity (Wildman–Crippen MR) is 68.0 cm³/mol. The Labute approximate surface area is 100 Å². The molecule has 2 aromatic rings. The molecule has 0 aromatic heterocycles. The zero-order chi connectivity index (χ0) is 12.3. The van der Waals surface area contributed by atoms with Gasteiger partial charge in [0, 0.05) is 16.8 Å². The number of nitrogen functional groups attached to an aromatic ring is 1. The molecule has 2 rings (SSSR count). The van der Waals surface area contributed by atoms with Crippen LogP contribution in [0.3, 0.4) is 0 Å². The maximum Gasteiger partial charge on any atom is 0.123 e. The van der Waals surface area contributed by atoms with Gasteiger partial charge < -0.3 is 5.73 Å². The molecule has 0 aliphatic rings. The molecule has 0 aliphatic carbocycles. The number of hydrogen-bond donors (Lipinski definition) is 1. The molecule has 0 bridgehead atoms. The van der Waals surface area contributed by atoms with E-state index in [1.165, 1.54) is 12.1 Å². The maximum atomic E-state index is 12.7. The van der Waals surface area contributed by atoms with E-state index in [4.69, 9.17) is 5.73 Å². The van der Waals surface area contributed by atoms with Crippen molar-refractivity contribution in [1.82, 2.24) is 0 Å². The van der Waals surface area contributed by atoms with Crippen LogP contribution in [0, 0.1) is 24.6 Å². The van der Waals surface area contributed by atoms with E-state index in [9.17, 15) is 4.39 Å². The van der Waals surface area contributed by atoms with Gasteiger partial charge in [0.15, 0.2) is 0 Å². The molecule has 0 spiro atoms. The highest BCUT2D eigenvalue weighted by Gasteiger charge is 1.93. The van der Waals surface area contributed by atoms with Crippen molar-refractivity contribution >= 4 is 5.69 Å². The van der Waals surface area contributed by atoms with Crippen LogP contribution in [-0.2, 0) is 0 Å².